The molecule has 0 fully saturated rings. The number of rotatable bonds is 3. The molecule has 0 aliphatic heterocycles. The lowest BCUT2D eigenvalue weighted by Gasteiger charge is -2.08. The van der Waals surface area contributed by atoms with Gasteiger partial charge in [-0.25, -0.2) is 4.68 Å². The molecule has 5 heteroatoms. The topological polar surface area (TPSA) is 72.5 Å². The zero-order valence-corrected chi connectivity index (χ0v) is 9.41. The van der Waals surface area contributed by atoms with Gasteiger partial charge in [0, 0.05) is 0 Å². The molecule has 82 valence electrons. The third-order valence-electron chi connectivity index (χ3n) is 2.85. The van der Waals surface area contributed by atoms with Gasteiger partial charge in [0.25, 0.3) is 0 Å². The van der Waals surface area contributed by atoms with E-state index in [-0.39, 0.29) is 0 Å². The van der Waals surface area contributed by atoms with Crippen LogP contribution in [0.25, 0.3) is 11.0 Å². The van der Waals surface area contributed by atoms with Crippen LogP contribution in [0.2, 0.25) is 0 Å². The Hall–Kier alpha value is -1.52. The van der Waals surface area contributed by atoms with Gasteiger partial charge in [0.15, 0.2) is 5.65 Å². The summed E-state index contributed by atoms with van der Waals surface area (Å²) in [6, 6.07) is 0.357. The summed E-state index contributed by atoms with van der Waals surface area (Å²) in [5, 5.41) is 12.6. The predicted molar refractivity (Wildman–Crippen MR) is 60.7 cm³/mol. The second kappa shape index (κ2) is 3.56. The van der Waals surface area contributed by atoms with Gasteiger partial charge < -0.3 is 5.73 Å². The van der Waals surface area contributed by atoms with Crippen LogP contribution in [0.5, 0.6) is 0 Å². The van der Waals surface area contributed by atoms with E-state index in [1.54, 1.807) is 0 Å². The molecule has 2 heterocycles. The Morgan fingerprint density at radius 3 is 2.80 bits per heavy atom. The minimum Gasteiger partial charge on any atom is -0.383 e. The zero-order chi connectivity index (χ0) is 11.0. The Kier molecular flexibility index (Phi) is 2.38. The second-order valence-corrected chi connectivity index (χ2v) is 3.84. The number of hydrogen-bond donors (Lipinski definition) is 2. The van der Waals surface area contributed by atoms with Crippen LogP contribution in [0, 0.1) is 0 Å². The van der Waals surface area contributed by atoms with Gasteiger partial charge >= 0.3 is 0 Å². The van der Waals surface area contributed by atoms with Crippen LogP contribution in [-0.4, -0.2) is 20.0 Å². The number of fused-ring (bicyclic) bond motifs is 1. The second-order valence-electron chi connectivity index (χ2n) is 3.84. The number of nitrogens with two attached hydrogens (primary N) is 1. The average Bonchev–Trinajstić information content (AvgIpc) is 2.78. The molecule has 0 aliphatic rings. The number of nitrogens with zero attached hydrogens (tertiary/aromatic N) is 3. The summed E-state index contributed by atoms with van der Waals surface area (Å²) in [6.45, 7) is 6.35. The molecule has 0 aromatic carbocycles. The number of nitrogens with one attached hydrogen (secondary N) is 1. The molecule has 1 atom stereocenters. The molecule has 2 aromatic heterocycles. The molecule has 2 rings (SSSR count). The van der Waals surface area contributed by atoms with Gasteiger partial charge in [-0.15, -0.1) is 0 Å². The van der Waals surface area contributed by atoms with Gasteiger partial charge in [-0.2, -0.15) is 10.2 Å². The van der Waals surface area contributed by atoms with Crippen LogP contribution in [0.3, 0.4) is 0 Å². The molecule has 15 heavy (non-hydrogen) atoms. The van der Waals surface area contributed by atoms with E-state index in [1.165, 1.54) is 0 Å². The summed E-state index contributed by atoms with van der Waals surface area (Å²) in [4.78, 5) is 0. The molecule has 0 radical (unpaired) electrons. The highest BCUT2D eigenvalue weighted by Gasteiger charge is 2.17. The number of aromatic amines is 1. The maximum Gasteiger partial charge on any atom is 0.182 e. The molecular weight excluding hydrogens is 190 g/mol. The van der Waals surface area contributed by atoms with E-state index in [0.29, 0.717) is 11.9 Å². The highest BCUT2D eigenvalue weighted by molar-refractivity contribution is 5.88. The fraction of sp³-hybridized carbons (Fsp3) is 0.600. The third-order valence-corrected chi connectivity index (χ3v) is 2.85. The quantitative estimate of drug-likeness (QED) is 0.807. The summed E-state index contributed by atoms with van der Waals surface area (Å²) < 4.78 is 1.96. The van der Waals surface area contributed by atoms with Crippen molar-refractivity contribution in [3.05, 3.63) is 5.69 Å². The number of H-pyrrole nitrogens is 1. The summed E-state index contributed by atoms with van der Waals surface area (Å²) in [6.07, 6.45) is 1.91. The predicted octanol–water partition coefficient (Wildman–Crippen LogP) is 1.87. The lowest BCUT2D eigenvalue weighted by atomic mass is 10.2. The van der Waals surface area contributed by atoms with Gasteiger partial charge in [-0.05, 0) is 19.8 Å². The fourth-order valence-corrected chi connectivity index (χ4v) is 1.75. The number of anilines is 1. The van der Waals surface area contributed by atoms with Crippen LogP contribution in [0.15, 0.2) is 0 Å². The van der Waals surface area contributed by atoms with Crippen molar-refractivity contribution in [1.29, 1.82) is 0 Å². The monoisotopic (exact) mass is 207 g/mol. The number of hydrogen-bond acceptors (Lipinski definition) is 3. The smallest absolute Gasteiger partial charge is 0.182 e. The Morgan fingerprint density at radius 2 is 2.20 bits per heavy atom. The molecular formula is C10H17N5. The maximum absolute atomic E-state index is 5.84. The standard InChI is InChI=1S/C10H17N5/c1-4-6(3)15-10-8(7(5-2)14-15)9(11)12-13-10/h6H,4-5H2,1-3H3,(H3,11,12,13). The molecule has 1 unspecified atom stereocenters. The molecule has 2 aromatic rings. The first-order chi connectivity index (χ1) is 7.19. The van der Waals surface area contributed by atoms with Crippen LogP contribution in [0.1, 0.15) is 38.9 Å². The highest BCUT2D eigenvalue weighted by Crippen LogP contribution is 2.25. The molecule has 0 saturated heterocycles. The number of nitrogen functional groups attached to an aromatic ring is 1. The average molecular weight is 207 g/mol. The molecule has 0 bridgehead atoms. The minimum atomic E-state index is 0.357. The van der Waals surface area contributed by atoms with Crippen molar-refractivity contribution in [2.24, 2.45) is 0 Å². The number of aryl methyl sites for hydroxylation is 1. The first kappa shape index (κ1) is 10.0. The van der Waals surface area contributed by atoms with Gasteiger partial charge in [-0.3, -0.25) is 5.10 Å². The van der Waals surface area contributed by atoms with Crippen molar-refractivity contribution >= 4 is 16.9 Å². The van der Waals surface area contributed by atoms with Gasteiger partial charge in [0.2, 0.25) is 0 Å². The zero-order valence-electron chi connectivity index (χ0n) is 9.41. The first-order valence-electron chi connectivity index (χ1n) is 5.39. The van der Waals surface area contributed by atoms with Crippen molar-refractivity contribution in [1.82, 2.24) is 20.0 Å². The number of aromatic nitrogens is 4. The first-order valence-corrected chi connectivity index (χ1v) is 5.39. The van der Waals surface area contributed by atoms with E-state index >= 15 is 0 Å². The van der Waals surface area contributed by atoms with Gasteiger partial charge in [0.1, 0.15) is 5.82 Å². The van der Waals surface area contributed by atoms with Crippen molar-refractivity contribution < 1.29 is 0 Å². The molecule has 0 aliphatic carbocycles. The summed E-state index contributed by atoms with van der Waals surface area (Å²) >= 11 is 0. The van der Waals surface area contributed by atoms with E-state index < -0.39 is 0 Å². The van der Waals surface area contributed by atoms with E-state index in [4.69, 9.17) is 5.73 Å². The normalized spacial score (nSPS) is 13.5. The molecule has 5 nitrogen and oxygen atoms in total. The van der Waals surface area contributed by atoms with E-state index in [1.807, 2.05) is 4.68 Å². The molecule has 0 saturated carbocycles. The third kappa shape index (κ3) is 1.38. The van der Waals surface area contributed by atoms with Crippen molar-refractivity contribution in [3.8, 4) is 0 Å². The van der Waals surface area contributed by atoms with Crippen LogP contribution in [0.4, 0.5) is 5.82 Å². The van der Waals surface area contributed by atoms with Crippen molar-refractivity contribution in [2.45, 2.75) is 39.7 Å². The minimum absolute atomic E-state index is 0.357. The van der Waals surface area contributed by atoms with Crippen LogP contribution in [-0.2, 0) is 6.42 Å². The van der Waals surface area contributed by atoms with E-state index in [0.717, 1.165) is 29.6 Å². The highest BCUT2D eigenvalue weighted by atomic mass is 15.4. The SMILES string of the molecule is CCc1nn(C(C)CC)c2n[nH]c(N)c12. The Labute approximate surface area is 88.6 Å². The Bertz CT molecular complexity index is 467. The lowest BCUT2D eigenvalue weighted by Crippen LogP contribution is -2.06. The van der Waals surface area contributed by atoms with Crippen LogP contribution >= 0.6 is 0 Å². The van der Waals surface area contributed by atoms with E-state index in [9.17, 15) is 0 Å². The maximum atomic E-state index is 5.84. The Balaban J connectivity index is 2.66. The summed E-state index contributed by atoms with van der Waals surface area (Å²) in [5.74, 6) is 0.622. The fourth-order valence-electron chi connectivity index (χ4n) is 1.75. The summed E-state index contributed by atoms with van der Waals surface area (Å²) in [5.41, 5.74) is 7.73. The molecule has 0 amide bonds. The van der Waals surface area contributed by atoms with Crippen molar-refractivity contribution in [3.63, 3.8) is 0 Å². The molecule has 3 N–H and O–H groups in total. The van der Waals surface area contributed by atoms with E-state index in [2.05, 4.69) is 36.1 Å². The van der Waals surface area contributed by atoms with Crippen molar-refractivity contribution in [2.75, 3.05) is 5.73 Å². The van der Waals surface area contributed by atoms with Crippen LogP contribution < -0.4 is 5.73 Å². The molecule has 0 spiro atoms. The summed E-state index contributed by atoms with van der Waals surface area (Å²) in [7, 11) is 0. The van der Waals surface area contributed by atoms with Gasteiger partial charge in [-0.1, -0.05) is 13.8 Å². The van der Waals surface area contributed by atoms with Gasteiger partial charge in [0.05, 0.1) is 17.1 Å². The largest absolute Gasteiger partial charge is 0.383 e. The lowest BCUT2D eigenvalue weighted by molar-refractivity contribution is 0.484. The Morgan fingerprint density at radius 1 is 1.47 bits per heavy atom.